The highest BCUT2D eigenvalue weighted by atomic mass is 16.5. The van der Waals surface area contributed by atoms with Crippen LogP contribution >= 0.6 is 0 Å². The fourth-order valence-electron chi connectivity index (χ4n) is 2.47. The van der Waals surface area contributed by atoms with Crippen molar-refractivity contribution >= 4 is 17.5 Å². The summed E-state index contributed by atoms with van der Waals surface area (Å²) in [5.74, 6) is -1.67. The highest BCUT2D eigenvalue weighted by molar-refractivity contribution is 6.24. The topological polar surface area (TPSA) is 80.7 Å². The molecule has 0 aromatic heterocycles. The Bertz CT molecular complexity index is 714. The number of phenols is 1. The first-order chi connectivity index (χ1) is 10.7. The normalized spacial score (nSPS) is 16.2. The highest BCUT2D eigenvalue weighted by Gasteiger charge is 2.38. The van der Waals surface area contributed by atoms with E-state index in [1.165, 1.54) is 12.1 Å². The summed E-state index contributed by atoms with van der Waals surface area (Å²) >= 11 is 0. The molecule has 5 heteroatoms. The van der Waals surface area contributed by atoms with Gasteiger partial charge in [0.2, 0.25) is 0 Å². The molecule has 0 amide bonds. The second kappa shape index (κ2) is 5.99. The Kier molecular flexibility index (Phi) is 4.41. The minimum absolute atomic E-state index is 0.00539. The molecule has 0 aliphatic heterocycles. The smallest absolute Gasteiger partial charge is 0.317 e. The zero-order valence-electron chi connectivity index (χ0n) is 13.7. The van der Waals surface area contributed by atoms with Crippen LogP contribution in [0, 0.1) is 11.3 Å². The number of rotatable bonds is 4. The van der Waals surface area contributed by atoms with Crippen LogP contribution in [0.1, 0.15) is 54.8 Å². The van der Waals surface area contributed by atoms with Gasteiger partial charge in [-0.2, -0.15) is 0 Å². The van der Waals surface area contributed by atoms with Crippen LogP contribution in [-0.4, -0.2) is 22.6 Å². The van der Waals surface area contributed by atoms with E-state index in [0.29, 0.717) is 6.42 Å². The molecule has 2 rings (SSSR count). The Labute approximate surface area is 135 Å². The molecular weight excluding hydrogens is 296 g/mol. The van der Waals surface area contributed by atoms with Gasteiger partial charge in [0.15, 0.2) is 11.6 Å². The number of ether oxygens (including phenoxy) is 1. The van der Waals surface area contributed by atoms with Crippen LogP contribution in [0.2, 0.25) is 0 Å². The van der Waals surface area contributed by atoms with Gasteiger partial charge in [0.25, 0.3) is 0 Å². The molecule has 1 aromatic carbocycles. The molecule has 0 radical (unpaired) electrons. The van der Waals surface area contributed by atoms with E-state index in [4.69, 9.17) is 4.74 Å². The predicted molar refractivity (Wildman–Crippen MR) is 84.8 cm³/mol. The second-order valence-electron chi connectivity index (χ2n) is 6.21. The van der Waals surface area contributed by atoms with E-state index in [1.807, 2.05) is 20.8 Å². The zero-order valence-corrected chi connectivity index (χ0v) is 13.7. The molecule has 0 spiro atoms. The molecule has 1 unspecified atom stereocenters. The molecule has 0 bridgehead atoms. The predicted octanol–water partition coefficient (Wildman–Crippen LogP) is 3.31. The van der Waals surface area contributed by atoms with Crippen molar-refractivity contribution in [3.05, 3.63) is 35.4 Å². The summed E-state index contributed by atoms with van der Waals surface area (Å²) in [6.45, 7) is 7.55. The minimum atomic E-state index is -0.706. The summed E-state index contributed by atoms with van der Waals surface area (Å²) in [5, 5.41) is 9.85. The monoisotopic (exact) mass is 316 g/mol. The number of carbonyl (C=O) groups excluding carboxylic acids is 3. The summed E-state index contributed by atoms with van der Waals surface area (Å²) in [5.41, 5.74) is -0.888. The molecule has 23 heavy (non-hydrogen) atoms. The van der Waals surface area contributed by atoms with E-state index >= 15 is 0 Å². The molecular formula is C18H20O5. The van der Waals surface area contributed by atoms with Gasteiger partial charge in [-0.05, 0) is 43.5 Å². The van der Waals surface area contributed by atoms with Crippen LogP contribution < -0.4 is 4.74 Å². The highest BCUT2D eigenvalue weighted by Crippen LogP contribution is 2.37. The second-order valence-corrected chi connectivity index (χ2v) is 6.21. The minimum Gasteiger partial charge on any atom is -0.507 e. The average molecular weight is 316 g/mol. The molecule has 5 nitrogen and oxygen atoms in total. The Hall–Kier alpha value is -2.43. The zero-order chi connectivity index (χ0) is 17.4. The third-order valence-corrected chi connectivity index (χ3v) is 4.70. The maximum Gasteiger partial charge on any atom is 0.317 e. The number of esters is 1. The number of phenolic OH excluding ortho intramolecular Hbond substituents is 1. The Morgan fingerprint density at radius 3 is 2.26 bits per heavy atom. The summed E-state index contributed by atoms with van der Waals surface area (Å²) in [6.07, 6.45) is 2.79. The molecule has 122 valence electrons. The van der Waals surface area contributed by atoms with Gasteiger partial charge in [-0.15, -0.1) is 0 Å². The number of carbonyl (C=O) groups is 3. The van der Waals surface area contributed by atoms with Crippen molar-refractivity contribution in [3.8, 4) is 11.5 Å². The van der Waals surface area contributed by atoms with Gasteiger partial charge in [0.05, 0.1) is 16.5 Å². The molecule has 0 heterocycles. The lowest BCUT2D eigenvalue weighted by Crippen LogP contribution is -2.36. The van der Waals surface area contributed by atoms with E-state index in [-0.39, 0.29) is 28.5 Å². The Morgan fingerprint density at radius 1 is 1.17 bits per heavy atom. The van der Waals surface area contributed by atoms with Crippen LogP contribution in [0.15, 0.2) is 24.3 Å². The first-order valence-electron chi connectivity index (χ1n) is 7.57. The van der Waals surface area contributed by atoms with Gasteiger partial charge >= 0.3 is 5.97 Å². The summed E-state index contributed by atoms with van der Waals surface area (Å²) in [4.78, 5) is 36.6. The van der Waals surface area contributed by atoms with Gasteiger partial charge in [0, 0.05) is 0 Å². The number of ketones is 2. The largest absolute Gasteiger partial charge is 0.507 e. The lowest BCUT2D eigenvalue weighted by atomic mass is 9.77. The summed E-state index contributed by atoms with van der Waals surface area (Å²) < 4.78 is 5.45. The van der Waals surface area contributed by atoms with Crippen LogP contribution in [0.5, 0.6) is 11.5 Å². The maximum absolute atomic E-state index is 12.6. The average Bonchev–Trinajstić information content (AvgIpc) is 2.51. The third-order valence-electron chi connectivity index (χ3n) is 4.70. The number of hydrogen-bond acceptors (Lipinski definition) is 5. The molecule has 1 N–H and O–H groups in total. The fraction of sp³-hybridized carbons (Fsp3) is 0.389. The van der Waals surface area contributed by atoms with Gasteiger partial charge in [-0.25, -0.2) is 0 Å². The molecule has 1 aliphatic carbocycles. The molecule has 1 aliphatic rings. The summed E-state index contributed by atoms with van der Waals surface area (Å²) in [7, 11) is 0. The van der Waals surface area contributed by atoms with Crippen LogP contribution in [-0.2, 0) is 4.79 Å². The van der Waals surface area contributed by atoms with Crippen LogP contribution in [0.25, 0.3) is 0 Å². The molecule has 1 aromatic rings. The Balaban J connectivity index is 2.48. The standard InChI is InChI=1S/C18H20O5/c1-5-18(4,10(2)3)17(22)23-14-9-8-12(20)15-11(19)6-7-13(21)16(14)15/h6-10,20H,5H2,1-4H3. The molecule has 0 saturated heterocycles. The Morgan fingerprint density at radius 2 is 1.74 bits per heavy atom. The number of fused-ring (bicyclic) bond motifs is 1. The number of hydrogen-bond donors (Lipinski definition) is 1. The molecule has 0 saturated carbocycles. The van der Waals surface area contributed by atoms with E-state index in [0.717, 1.165) is 12.2 Å². The number of benzene rings is 1. The summed E-state index contributed by atoms with van der Waals surface area (Å²) in [6, 6.07) is 2.59. The van der Waals surface area contributed by atoms with Crippen molar-refractivity contribution in [3.63, 3.8) is 0 Å². The van der Waals surface area contributed by atoms with E-state index in [1.54, 1.807) is 6.92 Å². The van der Waals surface area contributed by atoms with E-state index < -0.39 is 23.0 Å². The molecule has 0 fully saturated rings. The van der Waals surface area contributed by atoms with Gasteiger partial charge in [-0.1, -0.05) is 20.8 Å². The van der Waals surface area contributed by atoms with Crippen LogP contribution in [0.3, 0.4) is 0 Å². The quantitative estimate of drug-likeness (QED) is 0.681. The SMILES string of the molecule is CCC(C)(C(=O)Oc1ccc(O)c2c1C(=O)C=CC2=O)C(C)C. The number of allylic oxidation sites excluding steroid dienone is 2. The van der Waals surface area contributed by atoms with E-state index in [9.17, 15) is 19.5 Å². The van der Waals surface area contributed by atoms with Crippen LogP contribution in [0.4, 0.5) is 0 Å². The fourth-order valence-corrected chi connectivity index (χ4v) is 2.47. The van der Waals surface area contributed by atoms with Gasteiger partial charge in [0.1, 0.15) is 11.5 Å². The third kappa shape index (κ3) is 2.79. The van der Waals surface area contributed by atoms with Crippen molar-refractivity contribution in [2.75, 3.05) is 0 Å². The lowest BCUT2D eigenvalue weighted by Gasteiger charge is -2.30. The van der Waals surface area contributed by atoms with Gasteiger partial charge in [-0.3, -0.25) is 14.4 Å². The first kappa shape index (κ1) is 16.9. The molecule has 1 atom stereocenters. The van der Waals surface area contributed by atoms with Crippen molar-refractivity contribution in [1.29, 1.82) is 0 Å². The van der Waals surface area contributed by atoms with E-state index in [2.05, 4.69) is 0 Å². The first-order valence-corrected chi connectivity index (χ1v) is 7.57. The van der Waals surface area contributed by atoms with Crippen molar-refractivity contribution in [2.45, 2.75) is 34.1 Å². The van der Waals surface area contributed by atoms with Gasteiger partial charge < -0.3 is 9.84 Å². The number of aromatic hydroxyl groups is 1. The van der Waals surface area contributed by atoms with Crippen molar-refractivity contribution in [2.24, 2.45) is 11.3 Å². The lowest BCUT2D eigenvalue weighted by molar-refractivity contribution is -0.147. The van der Waals surface area contributed by atoms with Crippen molar-refractivity contribution < 1.29 is 24.2 Å². The van der Waals surface area contributed by atoms with Crippen molar-refractivity contribution in [1.82, 2.24) is 0 Å². The maximum atomic E-state index is 12.6.